The van der Waals surface area contributed by atoms with Crippen LogP contribution in [0.2, 0.25) is 0 Å². The Morgan fingerprint density at radius 1 is 1.29 bits per heavy atom. The van der Waals surface area contributed by atoms with E-state index in [1.165, 1.54) is 6.92 Å². The molecule has 0 aliphatic heterocycles. The van der Waals surface area contributed by atoms with E-state index in [9.17, 15) is 8.78 Å². The third-order valence-electron chi connectivity index (χ3n) is 1.85. The molecule has 1 aromatic rings. The van der Waals surface area contributed by atoms with Crippen LogP contribution in [0.15, 0.2) is 6.07 Å². The number of rotatable bonds is 2. The Labute approximate surface area is 80.1 Å². The molecule has 0 unspecified atom stereocenters. The first-order valence-corrected chi connectivity index (χ1v) is 3.87. The highest BCUT2D eigenvalue weighted by atomic mass is 19.2. The van der Waals surface area contributed by atoms with Gasteiger partial charge in [0.1, 0.15) is 0 Å². The van der Waals surface area contributed by atoms with Gasteiger partial charge in [-0.15, -0.1) is 0 Å². The molecule has 0 atom stereocenters. The zero-order valence-electron chi connectivity index (χ0n) is 7.71. The van der Waals surface area contributed by atoms with E-state index in [1.807, 2.05) is 0 Å². The van der Waals surface area contributed by atoms with Crippen molar-refractivity contribution in [3.8, 4) is 5.75 Å². The van der Waals surface area contributed by atoms with Crippen molar-refractivity contribution in [2.75, 3.05) is 7.11 Å². The SMILES string of the molecule is COc1c(B(O)O)cc(C)c(F)c1F. The van der Waals surface area contributed by atoms with E-state index in [0.717, 1.165) is 13.2 Å². The second-order valence-corrected chi connectivity index (χ2v) is 2.82. The summed E-state index contributed by atoms with van der Waals surface area (Å²) in [5, 5.41) is 17.7. The minimum absolute atomic E-state index is 0.00796. The fraction of sp³-hybridized carbons (Fsp3) is 0.250. The zero-order valence-corrected chi connectivity index (χ0v) is 7.71. The Kier molecular flexibility index (Phi) is 3.08. The number of aryl methyl sites for hydroxylation is 1. The predicted molar refractivity (Wildman–Crippen MR) is 47.5 cm³/mol. The van der Waals surface area contributed by atoms with Crippen LogP contribution < -0.4 is 10.2 Å². The van der Waals surface area contributed by atoms with Gasteiger partial charge in [0, 0.05) is 5.46 Å². The summed E-state index contributed by atoms with van der Waals surface area (Å²) in [6, 6.07) is 1.13. The largest absolute Gasteiger partial charge is 0.494 e. The van der Waals surface area contributed by atoms with Gasteiger partial charge in [0.25, 0.3) is 0 Å². The Morgan fingerprint density at radius 2 is 1.86 bits per heavy atom. The summed E-state index contributed by atoms with van der Waals surface area (Å²) in [6.45, 7) is 1.32. The minimum atomic E-state index is -1.89. The summed E-state index contributed by atoms with van der Waals surface area (Å²) in [4.78, 5) is 0. The number of hydrogen-bond acceptors (Lipinski definition) is 3. The monoisotopic (exact) mass is 202 g/mol. The van der Waals surface area contributed by atoms with Crippen LogP contribution in [0.3, 0.4) is 0 Å². The minimum Gasteiger partial charge on any atom is -0.494 e. The molecule has 76 valence electrons. The van der Waals surface area contributed by atoms with Gasteiger partial charge in [-0.25, -0.2) is 4.39 Å². The summed E-state index contributed by atoms with van der Waals surface area (Å²) in [5.41, 5.74) is -0.199. The van der Waals surface area contributed by atoms with Crippen LogP contribution in [-0.2, 0) is 0 Å². The molecule has 1 aromatic carbocycles. The fourth-order valence-corrected chi connectivity index (χ4v) is 1.16. The van der Waals surface area contributed by atoms with Gasteiger partial charge in [0.15, 0.2) is 11.6 Å². The molecule has 6 heteroatoms. The molecule has 3 nitrogen and oxygen atoms in total. The number of ether oxygens (including phenoxy) is 1. The maximum absolute atomic E-state index is 13.2. The standard InChI is InChI=1S/C8H9BF2O3/c1-4-3-5(9(12)13)8(14-2)7(11)6(4)10/h3,12-13H,1-2H3. The van der Waals surface area contributed by atoms with E-state index in [-0.39, 0.29) is 11.0 Å². The van der Waals surface area contributed by atoms with Crippen molar-refractivity contribution in [3.63, 3.8) is 0 Å². The van der Waals surface area contributed by atoms with Gasteiger partial charge in [-0.3, -0.25) is 0 Å². The van der Waals surface area contributed by atoms with Crippen LogP contribution in [0.4, 0.5) is 8.78 Å². The Hall–Kier alpha value is -1.14. The van der Waals surface area contributed by atoms with Crippen molar-refractivity contribution < 1.29 is 23.6 Å². The van der Waals surface area contributed by atoms with Crippen molar-refractivity contribution >= 4 is 12.6 Å². The Balaban J connectivity index is 3.43. The molecule has 14 heavy (non-hydrogen) atoms. The fourth-order valence-electron chi connectivity index (χ4n) is 1.16. The van der Waals surface area contributed by atoms with Crippen LogP contribution in [0.1, 0.15) is 5.56 Å². The van der Waals surface area contributed by atoms with E-state index < -0.39 is 24.5 Å². The number of methoxy groups -OCH3 is 1. The topological polar surface area (TPSA) is 49.7 Å². The quantitative estimate of drug-likeness (QED) is 0.661. The summed E-state index contributed by atoms with van der Waals surface area (Å²) in [7, 11) is -0.766. The highest BCUT2D eigenvalue weighted by molar-refractivity contribution is 6.59. The van der Waals surface area contributed by atoms with Gasteiger partial charge in [0.2, 0.25) is 5.82 Å². The molecule has 0 aromatic heterocycles. The van der Waals surface area contributed by atoms with Crippen molar-refractivity contribution in [3.05, 3.63) is 23.3 Å². The maximum atomic E-state index is 13.2. The van der Waals surface area contributed by atoms with Gasteiger partial charge in [0.05, 0.1) is 7.11 Å². The molecule has 2 N–H and O–H groups in total. The zero-order chi connectivity index (χ0) is 10.9. The molecule has 0 saturated carbocycles. The Bertz CT molecular complexity index is 355. The first-order chi connectivity index (χ1) is 6.49. The molecule has 0 heterocycles. The van der Waals surface area contributed by atoms with E-state index in [1.54, 1.807) is 0 Å². The first-order valence-electron chi connectivity index (χ1n) is 3.87. The van der Waals surface area contributed by atoms with Crippen molar-refractivity contribution in [1.29, 1.82) is 0 Å². The summed E-state index contributed by atoms with van der Waals surface area (Å²) >= 11 is 0. The smallest absolute Gasteiger partial charge is 0.492 e. The summed E-state index contributed by atoms with van der Waals surface area (Å²) in [6.07, 6.45) is 0. The normalized spacial score (nSPS) is 10.1. The highest BCUT2D eigenvalue weighted by Crippen LogP contribution is 2.20. The lowest BCUT2D eigenvalue weighted by Crippen LogP contribution is -2.32. The second kappa shape index (κ2) is 3.94. The third kappa shape index (κ3) is 1.71. The van der Waals surface area contributed by atoms with Gasteiger partial charge in [-0.2, -0.15) is 4.39 Å². The Morgan fingerprint density at radius 3 is 2.29 bits per heavy atom. The van der Waals surface area contributed by atoms with Crippen LogP contribution in [0, 0.1) is 18.6 Å². The summed E-state index contributed by atoms with van der Waals surface area (Å²) < 4.78 is 30.7. The number of benzene rings is 1. The van der Waals surface area contributed by atoms with Gasteiger partial charge >= 0.3 is 7.12 Å². The predicted octanol–water partition coefficient (Wildman–Crippen LogP) is -0.0384. The van der Waals surface area contributed by atoms with E-state index in [4.69, 9.17) is 10.0 Å². The molecular weight excluding hydrogens is 193 g/mol. The highest BCUT2D eigenvalue weighted by Gasteiger charge is 2.24. The lowest BCUT2D eigenvalue weighted by molar-refractivity contribution is 0.368. The molecule has 1 rings (SSSR count). The average molecular weight is 202 g/mol. The van der Waals surface area contributed by atoms with Crippen LogP contribution in [0.5, 0.6) is 5.75 Å². The van der Waals surface area contributed by atoms with Crippen molar-refractivity contribution in [2.24, 2.45) is 0 Å². The molecule has 0 amide bonds. The molecular formula is C8H9BF2O3. The van der Waals surface area contributed by atoms with Crippen LogP contribution in [0.25, 0.3) is 0 Å². The molecule has 0 radical (unpaired) electrons. The van der Waals surface area contributed by atoms with E-state index in [0.29, 0.717) is 0 Å². The molecule has 0 spiro atoms. The van der Waals surface area contributed by atoms with Gasteiger partial charge in [-0.1, -0.05) is 6.07 Å². The lowest BCUT2D eigenvalue weighted by atomic mass is 9.78. The molecule has 0 fully saturated rings. The molecule has 0 saturated heterocycles. The maximum Gasteiger partial charge on any atom is 0.492 e. The third-order valence-corrected chi connectivity index (χ3v) is 1.85. The average Bonchev–Trinajstić information content (AvgIpc) is 2.13. The lowest BCUT2D eigenvalue weighted by Gasteiger charge is -2.10. The summed E-state index contributed by atoms with van der Waals surface area (Å²) in [5.74, 6) is -2.75. The van der Waals surface area contributed by atoms with E-state index >= 15 is 0 Å². The molecule has 0 aliphatic rings. The van der Waals surface area contributed by atoms with Gasteiger partial charge < -0.3 is 14.8 Å². The van der Waals surface area contributed by atoms with Crippen LogP contribution in [-0.4, -0.2) is 24.3 Å². The molecule has 0 aliphatic carbocycles. The second-order valence-electron chi connectivity index (χ2n) is 2.82. The van der Waals surface area contributed by atoms with Crippen molar-refractivity contribution in [1.82, 2.24) is 0 Å². The first kappa shape index (κ1) is 10.9. The van der Waals surface area contributed by atoms with Crippen LogP contribution >= 0.6 is 0 Å². The van der Waals surface area contributed by atoms with Gasteiger partial charge in [-0.05, 0) is 12.5 Å². The number of hydrogen-bond donors (Lipinski definition) is 2. The van der Waals surface area contributed by atoms with E-state index in [2.05, 4.69) is 4.74 Å². The number of halogens is 2. The van der Waals surface area contributed by atoms with Crippen molar-refractivity contribution in [2.45, 2.75) is 6.92 Å². The molecule has 0 bridgehead atoms.